The Kier molecular flexibility index (Phi) is 2.83. The molecule has 7 heteroatoms. The quantitative estimate of drug-likeness (QED) is 0.801. The maximum atomic E-state index is 12.7. The Hall–Kier alpha value is -1.24. The minimum absolute atomic E-state index is 0.0192. The van der Waals surface area contributed by atoms with Gasteiger partial charge in [0.2, 0.25) is 0 Å². The van der Waals surface area contributed by atoms with E-state index in [1.165, 1.54) is 0 Å². The van der Waals surface area contributed by atoms with Gasteiger partial charge < -0.3 is 5.32 Å². The number of sulfone groups is 1. The highest BCUT2D eigenvalue weighted by molar-refractivity contribution is 7.91. The predicted molar refractivity (Wildman–Crippen MR) is 68.3 cm³/mol. The van der Waals surface area contributed by atoms with Crippen LogP contribution in [-0.2, 0) is 16.0 Å². The van der Waals surface area contributed by atoms with Crippen LogP contribution in [0.3, 0.4) is 0 Å². The molecule has 1 fully saturated rings. The Bertz CT molecular complexity index is 648. The Labute approximate surface area is 115 Å². The fourth-order valence-electron chi connectivity index (χ4n) is 2.93. The summed E-state index contributed by atoms with van der Waals surface area (Å²) in [6.07, 6.45) is -1.89. The lowest BCUT2D eigenvalue weighted by Crippen LogP contribution is -2.40. The van der Waals surface area contributed by atoms with E-state index < -0.39 is 21.6 Å². The predicted octanol–water partition coefficient (Wildman–Crippen LogP) is 3.07. The number of hydrogen-bond donors (Lipinski definition) is 1. The van der Waals surface area contributed by atoms with Gasteiger partial charge in [0.1, 0.15) is 0 Å². The normalized spacial score (nSPS) is 23.4. The van der Waals surface area contributed by atoms with Crippen molar-refractivity contribution < 1.29 is 21.6 Å². The fraction of sp³-hybridized carbons (Fsp3) is 0.538. The molecule has 1 aromatic rings. The smallest absolute Gasteiger partial charge is 0.383 e. The number of alkyl halides is 3. The van der Waals surface area contributed by atoms with Crippen LogP contribution in [0.15, 0.2) is 23.1 Å². The van der Waals surface area contributed by atoms with Crippen molar-refractivity contribution in [2.45, 2.75) is 30.3 Å². The molecule has 0 saturated heterocycles. The summed E-state index contributed by atoms with van der Waals surface area (Å²) in [5.41, 5.74) is -1.07. The summed E-state index contributed by atoms with van der Waals surface area (Å²) in [5.74, 6) is 0.0192. The maximum Gasteiger partial charge on any atom is 0.416 e. The molecule has 3 nitrogen and oxygen atoms in total. The van der Waals surface area contributed by atoms with Gasteiger partial charge in [-0.2, -0.15) is 13.2 Å². The van der Waals surface area contributed by atoms with Crippen molar-refractivity contribution in [2.75, 3.05) is 17.6 Å². The summed E-state index contributed by atoms with van der Waals surface area (Å²) in [6, 6.07) is 2.79. The number of nitrogens with one attached hydrogen (secondary N) is 1. The molecule has 1 aliphatic carbocycles. The zero-order chi connectivity index (χ0) is 14.6. The molecule has 1 aromatic carbocycles. The summed E-state index contributed by atoms with van der Waals surface area (Å²) in [4.78, 5) is -0.0192. The second-order valence-electron chi connectivity index (χ2n) is 5.67. The Morgan fingerprint density at radius 1 is 1.20 bits per heavy atom. The number of fused-ring (bicyclic) bond motifs is 1. The molecule has 2 aliphatic rings. The highest BCUT2D eigenvalue weighted by Gasteiger charge is 2.44. The Morgan fingerprint density at radius 2 is 1.90 bits per heavy atom. The summed E-state index contributed by atoms with van der Waals surface area (Å²) >= 11 is 0. The molecule has 0 aromatic heterocycles. The zero-order valence-electron chi connectivity index (χ0n) is 10.6. The summed E-state index contributed by atoms with van der Waals surface area (Å²) < 4.78 is 62.8. The molecule has 1 aliphatic heterocycles. The number of anilines is 1. The third kappa shape index (κ3) is 2.17. The average Bonchev–Trinajstić information content (AvgIpc) is 2.42. The molecule has 3 rings (SSSR count). The monoisotopic (exact) mass is 305 g/mol. The zero-order valence-corrected chi connectivity index (χ0v) is 11.4. The van der Waals surface area contributed by atoms with E-state index in [2.05, 4.69) is 5.32 Å². The van der Waals surface area contributed by atoms with Crippen molar-refractivity contribution in [1.29, 1.82) is 0 Å². The molecule has 0 unspecified atom stereocenters. The van der Waals surface area contributed by atoms with Crippen LogP contribution in [0.5, 0.6) is 0 Å². The van der Waals surface area contributed by atoms with Gasteiger partial charge in [-0.05, 0) is 31.0 Å². The van der Waals surface area contributed by atoms with Crippen LogP contribution in [0.25, 0.3) is 0 Å². The average molecular weight is 305 g/mol. The first-order valence-corrected chi connectivity index (χ1v) is 8.05. The first kappa shape index (κ1) is 13.7. The van der Waals surface area contributed by atoms with Gasteiger partial charge >= 0.3 is 6.18 Å². The van der Waals surface area contributed by atoms with Crippen LogP contribution in [0, 0.1) is 5.41 Å². The van der Waals surface area contributed by atoms with E-state index in [-0.39, 0.29) is 21.8 Å². The number of rotatable bonds is 0. The number of halogens is 3. The highest BCUT2D eigenvalue weighted by atomic mass is 32.2. The first-order chi connectivity index (χ1) is 9.22. The fourth-order valence-corrected chi connectivity index (χ4v) is 5.02. The number of hydrogen-bond acceptors (Lipinski definition) is 3. The van der Waals surface area contributed by atoms with E-state index in [1.54, 1.807) is 0 Å². The molecule has 1 heterocycles. The van der Waals surface area contributed by atoms with Gasteiger partial charge in [-0.3, -0.25) is 0 Å². The Morgan fingerprint density at radius 3 is 2.45 bits per heavy atom. The lowest BCUT2D eigenvalue weighted by Gasteiger charge is -2.40. The third-order valence-corrected chi connectivity index (χ3v) is 6.22. The van der Waals surface area contributed by atoms with E-state index in [4.69, 9.17) is 0 Å². The molecule has 20 heavy (non-hydrogen) atoms. The van der Waals surface area contributed by atoms with Gasteiger partial charge in [-0.1, -0.05) is 6.42 Å². The van der Waals surface area contributed by atoms with Gasteiger partial charge in [-0.25, -0.2) is 8.42 Å². The van der Waals surface area contributed by atoms with E-state index in [9.17, 15) is 21.6 Å². The summed E-state index contributed by atoms with van der Waals surface area (Å²) in [7, 11) is -3.54. The second-order valence-corrected chi connectivity index (χ2v) is 7.63. The van der Waals surface area contributed by atoms with Gasteiger partial charge in [0.25, 0.3) is 0 Å². The van der Waals surface area contributed by atoms with Gasteiger partial charge in [-0.15, -0.1) is 0 Å². The second kappa shape index (κ2) is 4.13. The van der Waals surface area contributed by atoms with E-state index in [0.717, 1.165) is 37.5 Å². The van der Waals surface area contributed by atoms with Crippen LogP contribution < -0.4 is 5.32 Å². The topological polar surface area (TPSA) is 46.2 Å². The minimum Gasteiger partial charge on any atom is -0.383 e. The van der Waals surface area contributed by atoms with Gasteiger partial charge in [0.05, 0.1) is 21.9 Å². The van der Waals surface area contributed by atoms with E-state index in [1.807, 2.05) is 0 Å². The molecule has 0 bridgehead atoms. The van der Waals surface area contributed by atoms with E-state index >= 15 is 0 Å². The molecule has 1 N–H and O–H groups in total. The van der Waals surface area contributed by atoms with Crippen molar-refractivity contribution in [3.8, 4) is 0 Å². The molecule has 1 spiro atoms. The lowest BCUT2D eigenvalue weighted by molar-refractivity contribution is -0.137. The van der Waals surface area contributed by atoms with Crippen molar-refractivity contribution >= 4 is 15.5 Å². The SMILES string of the molecule is O=S1(=O)CC2(CCC2)CNc2cc(C(F)(F)F)ccc21. The van der Waals surface area contributed by atoms with Crippen molar-refractivity contribution in [2.24, 2.45) is 5.41 Å². The molecule has 110 valence electrons. The lowest BCUT2D eigenvalue weighted by atomic mass is 9.70. The summed E-state index contributed by atoms with van der Waals surface area (Å²) in [5, 5.41) is 2.91. The van der Waals surface area contributed by atoms with Crippen LogP contribution in [0.2, 0.25) is 0 Å². The largest absolute Gasteiger partial charge is 0.416 e. The van der Waals surface area contributed by atoms with Crippen LogP contribution in [0.4, 0.5) is 18.9 Å². The Balaban J connectivity index is 2.06. The first-order valence-electron chi connectivity index (χ1n) is 6.40. The standard InChI is InChI=1S/C13H14F3NO2S/c14-13(15,16)9-2-3-11-10(6-9)17-7-12(4-1-5-12)8-20(11,18)19/h2-3,6,17H,1,4-5,7-8H2. The maximum absolute atomic E-state index is 12.7. The third-order valence-electron chi connectivity index (χ3n) is 4.21. The van der Waals surface area contributed by atoms with Gasteiger partial charge in [0, 0.05) is 12.0 Å². The van der Waals surface area contributed by atoms with E-state index in [0.29, 0.717) is 6.54 Å². The van der Waals surface area contributed by atoms with Crippen molar-refractivity contribution in [3.63, 3.8) is 0 Å². The molecule has 0 atom stereocenters. The van der Waals surface area contributed by atoms with Crippen molar-refractivity contribution in [1.82, 2.24) is 0 Å². The molecular formula is C13H14F3NO2S. The highest BCUT2D eigenvalue weighted by Crippen LogP contribution is 2.46. The van der Waals surface area contributed by atoms with Crippen LogP contribution >= 0.6 is 0 Å². The van der Waals surface area contributed by atoms with Crippen LogP contribution in [-0.4, -0.2) is 20.7 Å². The van der Waals surface area contributed by atoms with Gasteiger partial charge in [0.15, 0.2) is 9.84 Å². The number of benzene rings is 1. The summed E-state index contributed by atoms with van der Waals surface area (Å²) in [6.45, 7) is 0.417. The van der Waals surface area contributed by atoms with Crippen LogP contribution in [0.1, 0.15) is 24.8 Å². The molecule has 1 saturated carbocycles. The minimum atomic E-state index is -4.47. The molecule has 0 amide bonds. The molecule has 0 radical (unpaired) electrons. The molecular weight excluding hydrogens is 291 g/mol. The van der Waals surface area contributed by atoms with Crippen molar-refractivity contribution in [3.05, 3.63) is 23.8 Å².